The van der Waals surface area contributed by atoms with Crippen LogP contribution >= 0.6 is 11.8 Å². The Morgan fingerprint density at radius 3 is 2.62 bits per heavy atom. The van der Waals surface area contributed by atoms with Crippen molar-refractivity contribution in [3.05, 3.63) is 10.6 Å². The highest BCUT2D eigenvalue weighted by atomic mass is 32.2. The number of aliphatic hydroxyl groups excluding tert-OH is 1. The third-order valence-electron chi connectivity index (χ3n) is 4.68. The molecule has 0 aromatic carbocycles. The summed E-state index contributed by atoms with van der Waals surface area (Å²) in [5, 5.41) is 22.7. The van der Waals surface area contributed by atoms with Gasteiger partial charge < -0.3 is 15.5 Å². The van der Waals surface area contributed by atoms with Gasteiger partial charge in [-0.1, -0.05) is 11.8 Å². The van der Waals surface area contributed by atoms with Gasteiger partial charge in [0.2, 0.25) is 5.91 Å². The number of aliphatic carboxylic acids is 1. The molecule has 0 spiro atoms. The normalized spacial score (nSPS) is 34.7. The van der Waals surface area contributed by atoms with E-state index in [-0.39, 0.29) is 17.5 Å². The Morgan fingerprint density at radius 1 is 1.48 bits per heavy atom. The molecule has 7 heteroatoms. The van der Waals surface area contributed by atoms with E-state index in [9.17, 15) is 19.8 Å². The zero-order valence-electron chi connectivity index (χ0n) is 12.1. The fourth-order valence-corrected chi connectivity index (χ4v) is 5.52. The maximum absolute atomic E-state index is 12.3. The monoisotopic (exact) mass is 312 g/mol. The molecule has 2 fully saturated rings. The number of aliphatic hydroxyl groups is 1. The number of carbonyl (C=O) groups excluding carboxylic acids is 1. The summed E-state index contributed by atoms with van der Waals surface area (Å²) in [5.74, 6) is -1.67. The third kappa shape index (κ3) is 2.02. The third-order valence-corrected chi connectivity index (χ3v) is 6.27. The largest absolute Gasteiger partial charge is 0.477 e. The molecule has 3 rings (SSSR count). The van der Waals surface area contributed by atoms with E-state index in [1.54, 1.807) is 6.92 Å². The Labute approximate surface area is 127 Å². The summed E-state index contributed by atoms with van der Waals surface area (Å²) in [4.78, 5) is 25.5. The van der Waals surface area contributed by atoms with Crippen molar-refractivity contribution in [2.75, 3.05) is 13.1 Å². The number of carboxylic acid groups (broad SMARTS) is 1. The number of β-lactam (4-membered cyclic amide) rings is 1. The Bertz CT molecular complexity index is 527. The van der Waals surface area contributed by atoms with Crippen LogP contribution in [0.4, 0.5) is 0 Å². The summed E-state index contributed by atoms with van der Waals surface area (Å²) in [5.41, 5.74) is 0.135. The predicted molar refractivity (Wildman–Crippen MR) is 78.3 cm³/mol. The summed E-state index contributed by atoms with van der Waals surface area (Å²) in [6, 6.07) is 0. The van der Waals surface area contributed by atoms with Crippen LogP contribution in [0.5, 0.6) is 0 Å². The molecular weight excluding hydrogens is 292 g/mol. The maximum Gasteiger partial charge on any atom is 0.353 e. The van der Waals surface area contributed by atoms with Crippen LogP contribution in [0.1, 0.15) is 26.7 Å². The van der Waals surface area contributed by atoms with Crippen molar-refractivity contribution >= 4 is 23.6 Å². The lowest BCUT2D eigenvalue weighted by atomic mass is 9.83. The number of thioether (sulfide) groups is 1. The number of amides is 1. The highest BCUT2D eigenvalue weighted by molar-refractivity contribution is 8.04. The highest BCUT2D eigenvalue weighted by Crippen LogP contribution is 2.60. The predicted octanol–water partition coefficient (Wildman–Crippen LogP) is 0.584. The lowest BCUT2D eigenvalue weighted by molar-refractivity contribution is -0.164. The first-order chi connectivity index (χ1) is 9.88. The van der Waals surface area contributed by atoms with Gasteiger partial charge in [0.05, 0.1) is 12.0 Å². The average molecular weight is 312 g/mol. The second-order valence-electron chi connectivity index (χ2n) is 6.09. The molecule has 0 aromatic heterocycles. The quantitative estimate of drug-likeness (QED) is 0.661. The summed E-state index contributed by atoms with van der Waals surface area (Å²) < 4.78 is 0. The van der Waals surface area contributed by atoms with Gasteiger partial charge in [-0.3, -0.25) is 9.69 Å². The van der Waals surface area contributed by atoms with E-state index >= 15 is 0 Å². The van der Waals surface area contributed by atoms with Gasteiger partial charge >= 0.3 is 5.97 Å². The lowest BCUT2D eigenvalue weighted by Gasteiger charge is -2.52. The molecule has 2 unspecified atom stereocenters. The van der Waals surface area contributed by atoms with E-state index in [0.29, 0.717) is 0 Å². The fourth-order valence-electron chi connectivity index (χ4n) is 3.70. The van der Waals surface area contributed by atoms with Gasteiger partial charge in [-0.2, -0.15) is 0 Å². The van der Waals surface area contributed by atoms with Gasteiger partial charge in [-0.05, 0) is 45.7 Å². The number of nitrogens with zero attached hydrogens (tertiary/aromatic N) is 1. The SMILES string of the molecule is CC(O)C1C(=O)N2C(C(=O)O)=C(C3CCNCC3)S[C@]12C. The second kappa shape index (κ2) is 5.00. The topological polar surface area (TPSA) is 89.9 Å². The number of allylic oxidation sites excluding steroid dienone is 1. The van der Waals surface area contributed by atoms with Crippen molar-refractivity contribution in [2.45, 2.75) is 37.7 Å². The smallest absolute Gasteiger partial charge is 0.353 e. The first-order valence-corrected chi connectivity index (χ1v) is 8.09. The van der Waals surface area contributed by atoms with Gasteiger partial charge in [-0.15, -0.1) is 0 Å². The number of hydrogen-bond donors (Lipinski definition) is 3. The number of fused-ring (bicyclic) bond motifs is 1. The molecule has 0 radical (unpaired) electrons. The van der Waals surface area contributed by atoms with Gasteiger partial charge in [0.25, 0.3) is 0 Å². The second-order valence-corrected chi connectivity index (χ2v) is 7.56. The van der Waals surface area contributed by atoms with Crippen molar-refractivity contribution in [3.63, 3.8) is 0 Å². The van der Waals surface area contributed by atoms with Gasteiger partial charge in [0.15, 0.2) is 0 Å². The van der Waals surface area contributed by atoms with E-state index in [1.165, 1.54) is 16.7 Å². The maximum atomic E-state index is 12.3. The number of carboxylic acids is 1. The Morgan fingerprint density at radius 2 is 2.10 bits per heavy atom. The Kier molecular flexibility index (Phi) is 3.54. The summed E-state index contributed by atoms with van der Waals surface area (Å²) in [7, 11) is 0. The number of hydrogen-bond acceptors (Lipinski definition) is 5. The minimum atomic E-state index is -1.04. The van der Waals surface area contributed by atoms with Crippen LogP contribution < -0.4 is 5.32 Å². The number of carbonyl (C=O) groups is 2. The molecule has 1 amide bonds. The number of rotatable bonds is 3. The summed E-state index contributed by atoms with van der Waals surface area (Å²) in [6.07, 6.45) is 1.00. The van der Waals surface area contributed by atoms with Gasteiger partial charge in [0, 0.05) is 4.91 Å². The highest BCUT2D eigenvalue weighted by Gasteiger charge is 2.66. The van der Waals surface area contributed by atoms with Gasteiger partial charge in [0.1, 0.15) is 10.6 Å². The molecule has 3 heterocycles. The van der Waals surface area contributed by atoms with Crippen molar-refractivity contribution in [1.82, 2.24) is 10.2 Å². The van der Waals surface area contributed by atoms with Crippen LogP contribution in [0.15, 0.2) is 10.6 Å². The Hall–Kier alpha value is -1.05. The Balaban J connectivity index is 1.96. The van der Waals surface area contributed by atoms with Crippen LogP contribution in [0.3, 0.4) is 0 Å². The van der Waals surface area contributed by atoms with E-state index in [4.69, 9.17) is 0 Å². The van der Waals surface area contributed by atoms with Crippen LogP contribution in [-0.2, 0) is 9.59 Å². The summed E-state index contributed by atoms with van der Waals surface area (Å²) >= 11 is 1.46. The number of piperidine rings is 1. The van der Waals surface area contributed by atoms with Crippen LogP contribution in [0.2, 0.25) is 0 Å². The van der Waals surface area contributed by atoms with E-state index in [2.05, 4.69) is 5.32 Å². The van der Waals surface area contributed by atoms with Crippen molar-refractivity contribution in [1.29, 1.82) is 0 Å². The zero-order chi connectivity index (χ0) is 15.4. The fraction of sp³-hybridized carbons (Fsp3) is 0.714. The average Bonchev–Trinajstić information content (AvgIpc) is 2.69. The van der Waals surface area contributed by atoms with Crippen LogP contribution in [0, 0.1) is 11.8 Å². The molecule has 0 saturated carbocycles. The molecule has 0 aliphatic carbocycles. The molecule has 21 heavy (non-hydrogen) atoms. The van der Waals surface area contributed by atoms with E-state index in [1.807, 2.05) is 6.92 Å². The first-order valence-electron chi connectivity index (χ1n) is 7.27. The van der Waals surface area contributed by atoms with Crippen molar-refractivity contribution in [2.24, 2.45) is 11.8 Å². The van der Waals surface area contributed by atoms with Gasteiger partial charge in [-0.25, -0.2) is 4.79 Å². The van der Waals surface area contributed by atoms with E-state index in [0.717, 1.165) is 30.8 Å². The molecule has 3 N–H and O–H groups in total. The molecule has 6 nitrogen and oxygen atoms in total. The molecule has 2 saturated heterocycles. The van der Waals surface area contributed by atoms with E-state index < -0.39 is 22.9 Å². The molecule has 0 aromatic rings. The first kappa shape index (κ1) is 14.9. The molecule has 0 bridgehead atoms. The van der Waals surface area contributed by atoms with Crippen molar-refractivity contribution in [3.8, 4) is 0 Å². The van der Waals surface area contributed by atoms with Crippen LogP contribution in [0.25, 0.3) is 0 Å². The molecule has 3 atom stereocenters. The summed E-state index contributed by atoms with van der Waals surface area (Å²) in [6.45, 7) is 5.18. The molecule has 3 aliphatic heterocycles. The molecular formula is C14H20N2O4S. The minimum absolute atomic E-state index is 0.135. The number of nitrogens with one attached hydrogen (secondary N) is 1. The lowest BCUT2D eigenvalue weighted by Crippen LogP contribution is -2.68. The van der Waals surface area contributed by atoms with Crippen LogP contribution in [-0.4, -0.2) is 51.1 Å². The zero-order valence-corrected chi connectivity index (χ0v) is 12.9. The molecule has 3 aliphatic rings. The standard InChI is InChI=1S/C14H20N2O4S/c1-7(17)9-12(18)16-10(13(19)20)11(21-14(9,16)2)8-3-5-15-6-4-8/h7-9,15,17H,3-6H2,1-2H3,(H,19,20)/t7?,9?,14-/m1/s1. The minimum Gasteiger partial charge on any atom is -0.477 e. The molecule has 116 valence electrons. The van der Waals surface area contributed by atoms with Crippen molar-refractivity contribution < 1.29 is 19.8 Å².